The number of nitrogens with zero attached hydrogens (tertiary/aromatic N) is 3. The second-order valence-corrected chi connectivity index (χ2v) is 5.86. The maximum Gasteiger partial charge on any atom is 0.273 e. The van der Waals surface area contributed by atoms with E-state index < -0.39 is 10.0 Å². The fourth-order valence-corrected chi connectivity index (χ4v) is 2.46. The molecule has 1 aromatic rings. The molecule has 0 aromatic carbocycles. The van der Waals surface area contributed by atoms with Gasteiger partial charge >= 0.3 is 0 Å². The molecule has 1 heterocycles. The van der Waals surface area contributed by atoms with Gasteiger partial charge in [-0.05, 0) is 19.3 Å². The van der Waals surface area contributed by atoms with Crippen molar-refractivity contribution in [2.45, 2.75) is 43.8 Å². The fraction of sp³-hybridized carbons (Fsp3) is 0.800. The summed E-state index contributed by atoms with van der Waals surface area (Å²) < 4.78 is 29.8. The second-order valence-electron chi connectivity index (χ2n) is 4.41. The van der Waals surface area contributed by atoms with Gasteiger partial charge in [0.05, 0.1) is 6.61 Å². The average Bonchev–Trinajstić information content (AvgIpc) is 3.04. The zero-order valence-corrected chi connectivity index (χ0v) is 11.2. The lowest BCUT2D eigenvalue weighted by Crippen LogP contribution is -2.19. The molecule has 0 atom stereocenters. The Kier molecular flexibility index (Phi) is 3.98. The Bertz CT molecular complexity index is 507. The fourth-order valence-electron chi connectivity index (χ4n) is 1.78. The van der Waals surface area contributed by atoms with Gasteiger partial charge in [0.25, 0.3) is 15.2 Å². The minimum Gasteiger partial charge on any atom is -0.381 e. The molecule has 0 saturated heterocycles. The van der Waals surface area contributed by atoms with Crippen LogP contribution in [0.4, 0.5) is 0 Å². The number of hydrogen-bond acceptors (Lipinski definition) is 5. The Balaban J connectivity index is 2.13. The monoisotopic (exact) mass is 274 g/mol. The summed E-state index contributed by atoms with van der Waals surface area (Å²) in [5.74, 6) is 0.637. The Labute approximate surface area is 106 Å². The van der Waals surface area contributed by atoms with Crippen molar-refractivity contribution in [1.29, 1.82) is 0 Å². The maximum absolute atomic E-state index is 11.4. The normalized spacial score (nSPS) is 16.1. The van der Waals surface area contributed by atoms with Crippen LogP contribution in [0.15, 0.2) is 5.16 Å². The molecule has 0 unspecified atom stereocenters. The highest BCUT2D eigenvalue weighted by atomic mass is 32.2. The van der Waals surface area contributed by atoms with Gasteiger partial charge in [-0.15, -0.1) is 10.2 Å². The van der Waals surface area contributed by atoms with E-state index >= 15 is 0 Å². The molecule has 2 rings (SSSR count). The lowest BCUT2D eigenvalue weighted by atomic mass is 10.4. The van der Waals surface area contributed by atoms with Crippen LogP contribution in [0.5, 0.6) is 0 Å². The number of rotatable bonds is 7. The van der Waals surface area contributed by atoms with Crippen molar-refractivity contribution in [3.63, 3.8) is 0 Å². The van der Waals surface area contributed by atoms with Crippen LogP contribution >= 0.6 is 0 Å². The second kappa shape index (κ2) is 5.33. The topological polar surface area (TPSA) is 100 Å². The lowest BCUT2D eigenvalue weighted by molar-refractivity contribution is 0.136. The summed E-state index contributed by atoms with van der Waals surface area (Å²) in [7, 11) is -3.80. The van der Waals surface area contributed by atoms with Crippen LogP contribution in [0.25, 0.3) is 0 Å². The first-order valence-electron chi connectivity index (χ1n) is 6.08. The van der Waals surface area contributed by atoms with Crippen LogP contribution in [-0.4, -0.2) is 36.4 Å². The van der Waals surface area contributed by atoms with Crippen LogP contribution < -0.4 is 5.14 Å². The molecule has 1 aliphatic carbocycles. The highest BCUT2D eigenvalue weighted by molar-refractivity contribution is 7.89. The first-order chi connectivity index (χ1) is 8.54. The van der Waals surface area contributed by atoms with Crippen molar-refractivity contribution in [3.05, 3.63) is 5.82 Å². The molecule has 8 heteroatoms. The molecule has 1 aliphatic rings. The van der Waals surface area contributed by atoms with Crippen LogP contribution in [-0.2, 0) is 21.2 Å². The molecule has 7 nitrogen and oxygen atoms in total. The lowest BCUT2D eigenvalue weighted by Gasteiger charge is -2.07. The minimum atomic E-state index is -3.80. The predicted molar refractivity (Wildman–Crippen MR) is 64.5 cm³/mol. The summed E-state index contributed by atoms with van der Waals surface area (Å²) in [5, 5.41) is 12.6. The Morgan fingerprint density at radius 2 is 2.11 bits per heavy atom. The van der Waals surface area contributed by atoms with E-state index in [1.54, 1.807) is 4.57 Å². The third kappa shape index (κ3) is 3.06. The standard InChI is InChI=1S/C10H18N4O3S/c1-2-6-17-7-5-9-12-13-10(18(11,15)16)14(9)8-3-4-8/h8H,2-7H2,1H3,(H2,11,15,16). The number of sulfonamides is 1. The van der Waals surface area contributed by atoms with Crippen molar-refractivity contribution in [2.75, 3.05) is 13.2 Å². The van der Waals surface area contributed by atoms with Crippen molar-refractivity contribution < 1.29 is 13.2 Å². The summed E-state index contributed by atoms with van der Waals surface area (Å²) in [6, 6.07) is 0.175. The summed E-state index contributed by atoms with van der Waals surface area (Å²) in [5.41, 5.74) is 0. The molecule has 1 saturated carbocycles. The zero-order chi connectivity index (χ0) is 13.2. The molecule has 102 valence electrons. The Morgan fingerprint density at radius 1 is 1.39 bits per heavy atom. The number of ether oxygens (including phenoxy) is 1. The predicted octanol–water partition coefficient (Wildman–Crippen LogP) is 0.230. The minimum absolute atomic E-state index is 0.129. The van der Waals surface area contributed by atoms with Crippen molar-refractivity contribution in [1.82, 2.24) is 14.8 Å². The van der Waals surface area contributed by atoms with Gasteiger partial charge < -0.3 is 4.74 Å². The molecule has 0 amide bonds. The smallest absolute Gasteiger partial charge is 0.273 e. The Morgan fingerprint density at radius 3 is 2.67 bits per heavy atom. The third-order valence-electron chi connectivity index (χ3n) is 2.72. The van der Waals surface area contributed by atoms with Gasteiger partial charge in [-0.2, -0.15) is 0 Å². The molecule has 0 bridgehead atoms. The molecule has 0 spiro atoms. The van der Waals surface area contributed by atoms with Crippen molar-refractivity contribution >= 4 is 10.0 Å². The van der Waals surface area contributed by atoms with Gasteiger partial charge in [0.2, 0.25) is 0 Å². The highest BCUT2D eigenvalue weighted by Crippen LogP contribution is 2.37. The van der Waals surface area contributed by atoms with E-state index in [9.17, 15) is 8.42 Å². The van der Waals surface area contributed by atoms with E-state index in [4.69, 9.17) is 9.88 Å². The molecular weight excluding hydrogens is 256 g/mol. The van der Waals surface area contributed by atoms with Crippen LogP contribution in [0.1, 0.15) is 38.1 Å². The van der Waals surface area contributed by atoms with E-state index in [1.165, 1.54) is 0 Å². The molecule has 2 N–H and O–H groups in total. The Hall–Kier alpha value is -0.990. The molecule has 18 heavy (non-hydrogen) atoms. The number of aromatic nitrogens is 3. The zero-order valence-electron chi connectivity index (χ0n) is 10.4. The molecule has 1 fully saturated rings. The average molecular weight is 274 g/mol. The summed E-state index contributed by atoms with van der Waals surface area (Å²) in [6.45, 7) is 3.24. The highest BCUT2D eigenvalue weighted by Gasteiger charge is 2.32. The van der Waals surface area contributed by atoms with Gasteiger partial charge in [0.15, 0.2) is 0 Å². The first kappa shape index (κ1) is 13.4. The van der Waals surface area contributed by atoms with Gasteiger partial charge in [-0.3, -0.25) is 4.57 Å². The largest absolute Gasteiger partial charge is 0.381 e. The van der Waals surface area contributed by atoms with E-state index in [2.05, 4.69) is 10.2 Å². The van der Waals surface area contributed by atoms with Crippen LogP contribution in [0.2, 0.25) is 0 Å². The summed E-state index contributed by atoms with van der Waals surface area (Å²) >= 11 is 0. The molecular formula is C10H18N4O3S. The van der Waals surface area contributed by atoms with Gasteiger partial charge in [0, 0.05) is 19.1 Å². The summed E-state index contributed by atoms with van der Waals surface area (Å²) in [6.07, 6.45) is 3.41. The quantitative estimate of drug-likeness (QED) is 0.717. The van der Waals surface area contributed by atoms with Gasteiger partial charge in [-0.1, -0.05) is 6.92 Å². The number of primary sulfonamides is 1. The third-order valence-corrected chi connectivity index (χ3v) is 3.51. The van der Waals surface area contributed by atoms with Gasteiger partial charge in [-0.25, -0.2) is 13.6 Å². The van der Waals surface area contributed by atoms with E-state index in [0.29, 0.717) is 25.5 Å². The van der Waals surface area contributed by atoms with Gasteiger partial charge in [0.1, 0.15) is 5.82 Å². The molecule has 0 radical (unpaired) electrons. The first-order valence-corrected chi connectivity index (χ1v) is 7.63. The number of nitrogens with two attached hydrogens (primary N) is 1. The van der Waals surface area contributed by atoms with E-state index in [1.807, 2.05) is 6.92 Å². The van der Waals surface area contributed by atoms with E-state index in [-0.39, 0.29) is 11.2 Å². The SMILES string of the molecule is CCCOCCc1nnc(S(N)(=O)=O)n1C1CC1. The van der Waals surface area contributed by atoms with Crippen molar-refractivity contribution in [2.24, 2.45) is 5.14 Å². The molecule has 0 aliphatic heterocycles. The van der Waals surface area contributed by atoms with Crippen LogP contribution in [0, 0.1) is 0 Å². The molecule has 1 aromatic heterocycles. The summed E-state index contributed by atoms with van der Waals surface area (Å²) in [4.78, 5) is 0. The maximum atomic E-state index is 11.4. The van der Waals surface area contributed by atoms with Crippen LogP contribution in [0.3, 0.4) is 0 Å². The van der Waals surface area contributed by atoms with Crippen molar-refractivity contribution in [3.8, 4) is 0 Å². The van der Waals surface area contributed by atoms with E-state index in [0.717, 1.165) is 19.3 Å². The number of hydrogen-bond donors (Lipinski definition) is 1.